The first-order chi connectivity index (χ1) is 9.58. The smallest absolute Gasteiger partial charge is 0.182 e. The maximum absolute atomic E-state index is 5.93. The monoisotopic (exact) mass is 273 g/mol. The Morgan fingerprint density at radius 1 is 1.25 bits per heavy atom. The van der Waals surface area contributed by atoms with Gasteiger partial charge in [0, 0.05) is 24.5 Å². The molecule has 6 nitrogen and oxygen atoms in total. The van der Waals surface area contributed by atoms with Crippen LogP contribution in [0, 0.1) is 6.92 Å². The molecule has 3 rings (SSSR count). The molecule has 2 heterocycles. The Hall–Kier alpha value is -1.95. The van der Waals surface area contributed by atoms with Crippen LogP contribution in [0.2, 0.25) is 0 Å². The summed E-state index contributed by atoms with van der Waals surface area (Å²) >= 11 is 0. The maximum atomic E-state index is 5.93. The molecule has 0 amide bonds. The number of nitrogens with zero attached hydrogens (tertiary/aromatic N) is 4. The molecule has 2 aromatic rings. The molecule has 0 saturated carbocycles. The van der Waals surface area contributed by atoms with Crippen molar-refractivity contribution < 1.29 is 4.74 Å². The first-order valence-corrected chi connectivity index (χ1v) is 6.83. The molecule has 1 aliphatic heterocycles. The number of ether oxygens (including phenoxy) is 1. The molecule has 1 aliphatic rings. The van der Waals surface area contributed by atoms with Crippen molar-refractivity contribution in [1.29, 1.82) is 0 Å². The number of benzene rings is 1. The molecule has 0 bridgehead atoms. The summed E-state index contributed by atoms with van der Waals surface area (Å²) in [5.41, 5.74) is 8.62. The summed E-state index contributed by atoms with van der Waals surface area (Å²) in [7, 11) is 0. The molecular formula is C14H19N5O. The van der Waals surface area contributed by atoms with Gasteiger partial charge in [-0.15, -0.1) is 5.10 Å². The van der Waals surface area contributed by atoms with Crippen LogP contribution in [0.1, 0.15) is 25.3 Å². The number of hydrogen-bond acceptors (Lipinski definition) is 5. The summed E-state index contributed by atoms with van der Waals surface area (Å²) < 4.78 is 7.37. The van der Waals surface area contributed by atoms with E-state index in [2.05, 4.69) is 28.5 Å². The molecule has 1 fully saturated rings. The van der Waals surface area contributed by atoms with E-state index in [0.29, 0.717) is 0 Å². The fraction of sp³-hybridized carbons (Fsp3) is 0.500. The van der Waals surface area contributed by atoms with Gasteiger partial charge in [0.25, 0.3) is 0 Å². The van der Waals surface area contributed by atoms with E-state index < -0.39 is 0 Å². The number of nitrogens with two attached hydrogens (primary N) is 1. The molecule has 1 aromatic heterocycles. The molecule has 6 heteroatoms. The van der Waals surface area contributed by atoms with Crippen LogP contribution >= 0.6 is 0 Å². The largest absolute Gasteiger partial charge is 0.399 e. The lowest BCUT2D eigenvalue weighted by Crippen LogP contribution is -2.38. The number of nitrogen functional groups attached to an aromatic ring is 1. The van der Waals surface area contributed by atoms with E-state index >= 15 is 0 Å². The van der Waals surface area contributed by atoms with E-state index in [4.69, 9.17) is 10.5 Å². The highest BCUT2D eigenvalue weighted by Gasteiger charge is 2.33. The predicted octanol–water partition coefficient (Wildman–Crippen LogP) is 1.76. The standard InChI is InChI=1S/C14H19N5O/c1-10-7-11(9-12(15)8-10)13-16-17-18-19(13)14(2)3-5-20-6-4-14/h7-9H,3-6,15H2,1-2H3. The molecule has 106 valence electrons. The minimum atomic E-state index is -0.102. The van der Waals surface area contributed by atoms with E-state index in [1.54, 1.807) is 0 Å². The zero-order valence-electron chi connectivity index (χ0n) is 11.8. The van der Waals surface area contributed by atoms with Gasteiger partial charge in [-0.2, -0.15) is 0 Å². The van der Waals surface area contributed by atoms with Crippen LogP contribution in [-0.4, -0.2) is 33.4 Å². The zero-order chi connectivity index (χ0) is 14.2. The van der Waals surface area contributed by atoms with E-state index in [1.165, 1.54) is 0 Å². The summed E-state index contributed by atoms with van der Waals surface area (Å²) in [5.74, 6) is 0.768. The lowest BCUT2D eigenvalue weighted by atomic mass is 9.92. The highest BCUT2D eigenvalue weighted by atomic mass is 16.5. The van der Waals surface area contributed by atoms with Gasteiger partial charge in [-0.25, -0.2) is 4.68 Å². The number of hydrogen-bond donors (Lipinski definition) is 1. The molecule has 20 heavy (non-hydrogen) atoms. The van der Waals surface area contributed by atoms with Crippen LogP contribution in [0.3, 0.4) is 0 Å². The van der Waals surface area contributed by atoms with Crippen molar-refractivity contribution in [1.82, 2.24) is 20.2 Å². The van der Waals surface area contributed by atoms with Gasteiger partial charge in [-0.3, -0.25) is 0 Å². The van der Waals surface area contributed by atoms with Gasteiger partial charge in [0.15, 0.2) is 5.82 Å². The normalized spacial score (nSPS) is 18.1. The lowest BCUT2D eigenvalue weighted by Gasteiger charge is -2.33. The number of aryl methyl sites for hydroxylation is 1. The quantitative estimate of drug-likeness (QED) is 0.843. The molecular weight excluding hydrogens is 254 g/mol. The minimum absolute atomic E-state index is 0.102. The summed E-state index contributed by atoms with van der Waals surface area (Å²) in [5, 5.41) is 12.3. The van der Waals surface area contributed by atoms with E-state index in [9.17, 15) is 0 Å². The van der Waals surface area contributed by atoms with Crippen molar-refractivity contribution in [2.45, 2.75) is 32.2 Å². The average molecular weight is 273 g/mol. The van der Waals surface area contributed by atoms with E-state index in [0.717, 1.165) is 48.7 Å². The molecule has 2 N–H and O–H groups in total. The first-order valence-electron chi connectivity index (χ1n) is 6.83. The molecule has 1 saturated heterocycles. The van der Waals surface area contributed by atoms with Crippen LogP contribution in [0.5, 0.6) is 0 Å². The Balaban J connectivity index is 2.05. The van der Waals surface area contributed by atoms with Gasteiger partial charge in [-0.1, -0.05) is 0 Å². The lowest BCUT2D eigenvalue weighted by molar-refractivity contribution is 0.0240. The molecule has 0 atom stereocenters. The van der Waals surface area contributed by atoms with Crippen molar-refractivity contribution in [3.8, 4) is 11.4 Å². The summed E-state index contributed by atoms with van der Waals surface area (Å²) in [6.45, 7) is 5.68. The van der Waals surface area contributed by atoms with Crippen LogP contribution in [-0.2, 0) is 10.3 Å². The Morgan fingerprint density at radius 2 is 2.00 bits per heavy atom. The summed E-state index contributed by atoms with van der Waals surface area (Å²) in [6, 6.07) is 5.91. The summed E-state index contributed by atoms with van der Waals surface area (Å²) in [4.78, 5) is 0. The Kier molecular flexibility index (Phi) is 3.17. The second-order valence-corrected chi connectivity index (χ2v) is 5.66. The fourth-order valence-corrected chi connectivity index (χ4v) is 2.70. The average Bonchev–Trinajstić information content (AvgIpc) is 2.88. The number of tetrazole rings is 1. The second kappa shape index (κ2) is 4.86. The van der Waals surface area contributed by atoms with Crippen molar-refractivity contribution >= 4 is 5.69 Å². The van der Waals surface area contributed by atoms with E-state index in [1.807, 2.05) is 23.7 Å². The van der Waals surface area contributed by atoms with Crippen LogP contribution < -0.4 is 5.73 Å². The van der Waals surface area contributed by atoms with Crippen LogP contribution in [0.15, 0.2) is 18.2 Å². The van der Waals surface area contributed by atoms with Crippen LogP contribution in [0.4, 0.5) is 5.69 Å². The highest BCUT2D eigenvalue weighted by Crippen LogP contribution is 2.32. The molecule has 0 spiro atoms. The van der Waals surface area contributed by atoms with Crippen molar-refractivity contribution in [2.75, 3.05) is 18.9 Å². The van der Waals surface area contributed by atoms with Gasteiger partial charge in [-0.05, 0) is 60.9 Å². The Bertz CT molecular complexity index is 596. The third-order valence-corrected chi connectivity index (χ3v) is 3.91. The molecule has 0 radical (unpaired) electrons. The number of rotatable bonds is 2. The van der Waals surface area contributed by atoms with Crippen molar-refractivity contribution in [2.24, 2.45) is 0 Å². The van der Waals surface area contributed by atoms with Gasteiger partial charge in [0.2, 0.25) is 0 Å². The zero-order valence-corrected chi connectivity index (χ0v) is 11.8. The minimum Gasteiger partial charge on any atom is -0.399 e. The van der Waals surface area contributed by atoms with Crippen molar-refractivity contribution in [3.63, 3.8) is 0 Å². The highest BCUT2D eigenvalue weighted by molar-refractivity contribution is 5.62. The third-order valence-electron chi connectivity index (χ3n) is 3.91. The van der Waals surface area contributed by atoms with Gasteiger partial charge in [0.1, 0.15) is 0 Å². The molecule has 0 aliphatic carbocycles. The molecule has 0 unspecified atom stereocenters. The topological polar surface area (TPSA) is 78.9 Å². The Labute approximate surface area is 117 Å². The molecule has 1 aromatic carbocycles. The van der Waals surface area contributed by atoms with E-state index in [-0.39, 0.29) is 5.54 Å². The van der Waals surface area contributed by atoms with Gasteiger partial charge < -0.3 is 10.5 Å². The third kappa shape index (κ3) is 2.27. The van der Waals surface area contributed by atoms with Crippen molar-refractivity contribution in [3.05, 3.63) is 23.8 Å². The first kappa shape index (κ1) is 13.1. The second-order valence-electron chi connectivity index (χ2n) is 5.66. The summed E-state index contributed by atoms with van der Waals surface area (Å²) in [6.07, 6.45) is 1.82. The van der Waals surface area contributed by atoms with Gasteiger partial charge in [0.05, 0.1) is 5.54 Å². The predicted molar refractivity (Wildman–Crippen MR) is 76.1 cm³/mol. The fourth-order valence-electron chi connectivity index (χ4n) is 2.70. The SMILES string of the molecule is Cc1cc(N)cc(-c2nnnn2C2(C)CCOCC2)c1. The Morgan fingerprint density at radius 3 is 2.70 bits per heavy atom. The van der Waals surface area contributed by atoms with Crippen LogP contribution in [0.25, 0.3) is 11.4 Å². The number of anilines is 1. The van der Waals surface area contributed by atoms with Gasteiger partial charge >= 0.3 is 0 Å². The maximum Gasteiger partial charge on any atom is 0.182 e. The number of aromatic nitrogens is 4.